The van der Waals surface area contributed by atoms with E-state index in [2.05, 4.69) is 27.0 Å². The molecule has 1 aromatic carbocycles. The molecular formula is C21H20FN5. The Morgan fingerprint density at radius 1 is 1.07 bits per heavy atom. The smallest absolute Gasteiger partial charge is 0.138 e. The van der Waals surface area contributed by atoms with Gasteiger partial charge in [0.1, 0.15) is 17.8 Å². The van der Waals surface area contributed by atoms with Crippen molar-refractivity contribution in [2.24, 2.45) is 0 Å². The topological polar surface area (TPSA) is 46.3 Å². The van der Waals surface area contributed by atoms with Crippen LogP contribution in [0.2, 0.25) is 0 Å². The molecular weight excluding hydrogens is 341 g/mol. The number of hydrogen-bond acceptors (Lipinski definition) is 4. The van der Waals surface area contributed by atoms with Crippen molar-refractivity contribution in [3.63, 3.8) is 0 Å². The minimum atomic E-state index is -0.268. The first-order valence-corrected chi connectivity index (χ1v) is 8.71. The van der Waals surface area contributed by atoms with Crippen molar-refractivity contribution >= 4 is 5.65 Å². The van der Waals surface area contributed by atoms with Crippen molar-refractivity contribution in [2.45, 2.75) is 13.5 Å². The number of rotatable bonds is 4. The Balaban J connectivity index is 1.98. The van der Waals surface area contributed by atoms with E-state index in [1.165, 1.54) is 24.0 Å². The van der Waals surface area contributed by atoms with Gasteiger partial charge in [0.2, 0.25) is 0 Å². The second-order valence-electron chi connectivity index (χ2n) is 6.87. The number of fused-ring (bicyclic) bond motifs is 1. The summed E-state index contributed by atoms with van der Waals surface area (Å²) in [6.07, 6.45) is 5.35. The molecule has 0 spiro atoms. The van der Waals surface area contributed by atoms with Gasteiger partial charge in [0.15, 0.2) is 0 Å². The number of benzene rings is 1. The normalized spacial score (nSPS) is 11.4. The summed E-state index contributed by atoms with van der Waals surface area (Å²) >= 11 is 0. The fraction of sp³-hybridized carbons (Fsp3) is 0.190. The minimum absolute atomic E-state index is 0.268. The van der Waals surface area contributed by atoms with Gasteiger partial charge in [-0.25, -0.2) is 19.3 Å². The van der Waals surface area contributed by atoms with Gasteiger partial charge in [-0.1, -0.05) is 0 Å². The quantitative estimate of drug-likeness (QED) is 0.552. The molecule has 0 saturated heterocycles. The van der Waals surface area contributed by atoms with Gasteiger partial charge < -0.3 is 4.90 Å². The molecule has 6 heteroatoms. The lowest BCUT2D eigenvalue weighted by molar-refractivity contribution is 0.402. The second-order valence-corrected chi connectivity index (χ2v) is 6.87. The highest BCUT2D eigenvalue weighted by Gasteiger charge is 2.19. The van der Waals surface area contributed by atoms with Crippen molar-refractivity contribution in [2.75, 3.05) is 14.1 Å². The predicted molar refractivity (Wildman–Crippen MR) is 104 cm³/mol. The summed E-state index contributed by atoms with van der Waals surface area (Å²) in [6, 6.07) is 10.6. The number of halogens is 1. The zero-order valence-corrected chi connectivity index (χ0v) is 15.5. The van der Waals surface area contributed by atoms with Gasteiger partial charge >= 0.3 is 0 Å². The Bertz CT molecular complexity index is 1100. The molecule has 0 radical (unpaired) electrons. The first-order chi connectivity index (χ1) is 13.0. The molecule has 0 aliphatic carbocycles. The summed E-state index contributed by atoms with van der Waals surface area (Å²) < 4.78 is 15.5. The van der Waals surface area contributed by atoms with Crippen LogP contribution < -0.4 is 0 Å². The summed E-state index contributed by atoms with van der Waals surface area (Å²) in [5, 5.41) is 0. The van der Waals surface area contributed by atoms with Crippen molar-refractivity contribution in [1.82, 2.24) is 24.3 Å². The Hall–Kier alpha value is -3.12. The molecule has 5 nitrogen and oxygen atoms in total. The lowest BCUT2D eigenvalue weighted by Gasteiger charge is -2.10. The summed E-state index contributed by atoms with van der Waals surface area (Å²) in [5.41, 5.74) is 6.29. The first-order valence-electron chi connectivity index (χ1n) is 8.71. The Morgan fingerprint density at radius 3 is 2.56 bits per heavy atom. The Morgan fingerprint density at radius 2 is 1.85 bits per heavy atom. The third kappa shape index (κ3) is 3.31. The monoisotopic (exact) mass is 361 g/mol. The maximum absolute atomic E-state index is 13.4. The van der Waals surface area contributed by atoms with Crippen LogP contribution in [0.1, 0.15) is 11.1 Å². The minimum Gasteiger partial charge on any atom is -0.305 e. The van der Waals surface area contributed by atoms with Crippen molar-refractivity contribution in [1.29, 1.82) is 0 Å². The molecule has 0 saturated carbocycles. The van der Waals surface area contributed by atoms with Crippen molar-refractivity contribution in [3.05, 3.63) is 72.1 Å². The summed E-state index contributed by atoms with van der Waals surface area (Å²) in [4.78, 5) is 15.6. The van der Waals surface area contributed by atoms with Gasteiger partial charge in [0.05, 0.1) is 17.1 Å². The number of aromatic nitrogens is 4. The molecule has 0 amide bonds. The molecule has 0 bridgehead atoms. The van der Waals surface area contributed by atoms with E-state index in [4.69, 9.17) is 4.98 Å². The van der Waals surface area contributed by atoms with Gasteiger partial charge in [-0.3, -0.25) is 4.40 Å². The lowest BCUT2D eigenvalue weighted by atomic mass is 10.1. The second kappa shape index (κ2) is 6.89. The van der Waals surface area contributed by atoms with Crippen LogP contribution in [0.25, 0.3) is 28.3 Å². The van der Waals surface area contributed by atoms with E-state index >= 15 is 0 Å². The highest BCUT2D eigenvalue weighted by Crippen LogP contribution is 2.33. The summed E-state index contributed by atoms with van der Waals surface area (Å²) in [5.74, 6) is -0.268. The Kier molecular flexibility index (Phi) is 4.41. The number of aryl methyl sites for hydroxylation is 1. The molecule has 0 unspecified atom stereocenters. The number of hydrogen-bond donors (Lipinski definition) is 0. The molecule has 0 aliphatic heterocycles. The SMILES string of the molecule is Cc1cncnc1-c1c(-c2ccc(F)cc2)nc2cc(CN(C)C)ccn12. The maximum atomic E-state index is 13.4. The number of nitrogens with zero attached hydrogens (tertiary/aromatic N) is 5. The predicted octanol–water partition coefficient (Wildman–Crippen LogP) is 3.97. The van der Waals surface area contributed by atoms with Crippen LogP contribution in [0.4, 0.5) is 4.39 Å². The van der Waals surface area contributed by atoms with Crippen LogP contribution in [0.3, 0.4) is 0 Å². The molecule has 0 fully saturated rings. The van der Waals surface area contributed by atoms with E-state index in [1.54, 1.807) is 18.3 Å². The van der Waals surface area contributed by atoms with Gasteiger partial charge in [0.25, 0.3) is 0 Å². The lowest BCUT2D eigenvalue weighted by Crippen LogP contribution is -2.10. The number of imidazole rings is 1. The van der Waals surface area contributed by atoms with Gasteiger partial charge in [0, 0.05) is 24.5 Å². The van der Waals surface area contributed by atoms with Crippen LogP contribution in [-0.2, 0) is 6.54 Å². The molecule has 27 heavy (non-hydrogen) atoms. The maximum Gasteiger partial charge on any atom is 0.138 e. The van der Waals surface area contributed by atoms with E-state index < -0.39 is 0 Å². The molecule has 136 valence electrons. The highest BCUT2D eigenvalue weighted by atomic mass is 19.1. The first kappa shape index (κ1) is 17.3. The van der Waals surface area contributed by atoms with Gasteiger partial charge in [-0.2, -0.15) is 0 Å². The molecule has 3 aromatic heterocycles. The molecule has 0 atom stereocenters. The fourth-order valence-corrected chi connectivity index (χ4v) is 3.23. The van der Waals surface area contributed by atoms with Crippen LogP contribution in [0, 0.1) is 12.7 Å². The Labute approximate surface area is 157 Å². The van der Waals surface area contributed by atoms with E-state index in [0.29, 0.717) is 0 Å². The highest BCUT2D eigenvalue weighted by molar-refractivity contribution is 5.81. The largest absolute Gasteiger partial charge is 0.305 e. The molecule has 0 N–H and O–H groups in total. The molecule has 4 rings (SSSR count). The standard InChI is InChI=1S/C21H20FN5/c1-14-11-23-13-24-19(14)21-20(16-4-6-17(22)7-5-16)25-18-10-15(12-26(2)3)8-9-27(18)21/h4-11,13H,12H2,1-3H3. The van der Waals surface area contributed by atoms with E-state index in [1.807, 2.05) is 31.6 Å². The van der Waals surface area contributed by atoms with E-state index in [-0.39, 0.29) is 5.82 Å². The van der Waals surface area contributed by atoms with Crippen LogP contribution in [0.15, 0.2) is 55.1 Å². The van der Waals surface area contributed by atoms with E-state index in [0.717, 1.165) is 40.4 Å². The molecule has 4 aromatic rings. The van der Waals surface area contributed by atoms with Gasteiger partial charge in [-0.05, 0) is 68.5 Å². The third-order valence-corrected chi connectivity index (χ3v) is 4.43. The van der Waals surface area contributed by atoms with E-state index in [9.17, 15) is 4.39 Å². The zero-order valence-electron chi connectivity index (χ0n) is 15.5. The molecule has 3 heterocycles. The summed E-state index contributed by atoms with van der Waals surface area (Å²) in [6.45, 7) is 2.81. The summed E-state index contributed by atoms with van der Waals surface area (Å²) in [7, 11) is 4.07. The average molecular weight is 361 g/mol. The third-order valence-electron chi connectivity index (χ3n) is 4.43. The number of pyridine rings is 1. The van der Waals surface area contributed by atoms with Crippen molar-refractivity contribution in [3.8, 4) is 22.6 Å². The average Bonchev–Trinajstić information content (AvgIpc) is 3.00. The van der Waals surface area contributed by atoms with Crippen LogP contribution in [-0.4, -0.2) is 38.3 Å². The van der Waals surface area contributed by atoms with Gasteiger partial charge in [-0.15, -0.1) is 0 Å². The van der Waals surface area contributed by atoms with Crippen LogP contribution >= 0.6 is 0 Å². The van der Waals surface area contributed by atoms with Crippen LogP contribution in [0.5, 0.6) is 0 Å². The fourth-order valence-electron chi connectivity index (χ4n) is 3.23. The zero-order chi connectivity index (χ0) is 19.0. The molecule has 0 aliphatic rings. The van der Waals surface area contributed by atoms with Crippen molar-refractivity contribution < 1.29 is 4.39 Å².